The van der Waals surface area contributed by atoms with Crippen LogP contribution in [0.4, 0.5) is 0 Å². The zero-order chi connectivity index (χ0) is 28.5. The van der Waals surface area contributed by atoms with Crippen molar-refractivity contribution in [2.24, 2.45) is 0 Å². The maximum atomic E-state index is 14.0. The van der Waals surface area contributed by atoms with E-state index in [4.69, 9.17) is 0 Å². The van der Waals surface area contributed by atoms with Crippen LogP contribution >= 0.6 is 0 Å². The number of hydrogen-bond acceptors (Lipinski definition) is 2. The molecule has 0 aromatic heterocycles. The van der Waals surface area contributed by atoms with Crippen molar-refractivity contribution in [2.75, 3.05) is 0 Å². The number of benzene rings is 3. The highest BCUT2D eigenvalue weighted by Gasteiger charge is 2.32. The van der Waals surface area contributed by atoms with Gasteiger partial charge in [0.25, 0.3) is 0 Å². The third kappa shape index (κ3) is 8.30. The summed E-state index contributed by atoms with van der Waals surface area (Å²) in [5.41, 5.74) is 5.79. The molecule has 0 saturated heterocycles. The van der Waals surface area contributed by atoms with E-state index in [2.05, 4.69) is 69.4 Å². The Morgan fingerprint density at radius 2 is 1.50 bits per heavy atom. The molecule has 1 aliphatic carbocycles. The van der Waals surface area contributed by atoms with Gasteiger partial charge in [0.15, 0.2) is 0 Å². The highest BCUT2D eigenvalue weighted by atomic mass is 16.2. The van der Waals surface area contributed by atoms with Crippen molar-refractivity contribution in [1.29, 1.82) is 0 Å². The summed E-state index contributed by atoms with van der Waals surface area (Å²) in [5.74, 6) is -0.0184. The molecule has 1 aliphatic rings. The number of nitrogens with one attached hydrogen (secondary N) is 1. The molecule has 0 bridgehead atoms. The lowest BCUT2D eigenvalue weighted by molar-refractivity contribution is -0.141. The smallest absolute Gasteiger partial charge is 0.243 e. The molecule has 1 fully saturated rings. The number of carbonyl (C=O) groups excluding carboxylic acids is 2. The molecule has 3 aromatic rings. The molecule has 1 atom stereocenters. The minimum atomic E-state index is -0.570. The molecule has 4 heteroatoms. The van der Waals surface area contributed by atoms with Crippen LogP contribution < -0.4 is 5.32 Å². The van der Waals surface area contributed by atoms with Gasteiger partial charge >= 0.3 is 0 Å². The summed E-state index contributed by atoms with van der Waals surface area (Å²) in [5, 5.41) is 3.34. The summed E-state index contributed by atoms with van der Waals surface area (Å²) in [6.07, 6.45) is 7.06. The first-order chi connectivity index (χ1) is 19.2. The van der Waals surface area contributed by atoms with E-state index >= 15 is 0 Å². The van der Waals surface area contributed by atoms with Gasteiger partial charge in [-0.25, -0.2) is 0 Å². The van der Waals surface area contributed by atoms with Gasteiger partial charge in [-0.05, 0) is 59.4 Å². The van der Waals surface area contributed by atoms with Gasteiger partial charge in [-0.3, -0.25) is 9.59 Å². The van der Waals surface area contributed by atoms with E-state index in [1.807, 2.05) is 47.4 Å². The Hall–Kier alpha value is -3.40. The Morgan fingerprint density at radius 1 is 0.850 bits per heavy atom. The maximum Gasteiger partial charge on any atom is 0.243 e. The van der Waals surface area contributed by atoms with E-state index in [1.54, 1.807) is 0 Å². The Morgan fingerprint density at radius 3 is 2.15 bits per heavy atom. The quantitative estimate of drug-likeness (QED) is 0.294. The second-order valence-electron chi connectivity index (χ2n) is 12.4. The summed E-state index contributed by atoms with van der Waals surface area (Å²) in [4.78, 5) is 29.8. The number of hydrogen-bond donors (Lipinski definition) is 1. The normalized spacial score (nSPS) is 14.9. The monoisotopic (exact) mass is 538 g/mol. The molecule has 212 valence electrons. The Labute approximate surface area is 241 Å². The molecule has 0 unspecified atom stereocenters. The van der Waals surface area contributed by atoms with Crippen molar-refractivity contribution >= 4 is 11.8 Å². The molecule has 0 heterocycles. The highest BCUT2D eigenvalue weighted by Crippen LogP contribution is 2.24. The lowest BCUT2D eigenvalue weighted by atomic mass is 9.86. The predicted molar refractivity (Wildman–Crippen MR) is 164 cm³/mol. The number of nitrogens with zero attached hydrogens (tertiary/aromatic N) is 1. The fraction of sp³-hybridized carbons (Fsp3) is 0.444. The molecule has 0 aliphatic heterocycles. The molecule has 0 radical (unpaired) electrons. The SMILES string of the molecule is Cc1ccccc1CN(C(=O)CCc1ccc(C(C)(C)C)cc1)[C@H](Cc1ccccc1)C(=O)NC1CCCCC1. The highest BCUT2D eigenvalue weighted by molar-refractivity contribution is 5.88. The zero-order valence-electron chi connectivity index (χ0n) is 24.8. The van der Waals surface area contributed by atoms with E-state index in [1.165, 1.54) is 12.0 Å². The van der Waals surface area contributed by atoms with Crippen molar-refractivity contribution in [3.8, 4) is 0 Å². The second kappa shape index (κ2) is 13.8. The minimum Gasteiger partial charge on any atom is -0.352 e. The van der Waals surface area contributed by atoms with Gasteiger partial charge in [-0.1, -0.05) is 119 Å². The van der Waals surface area contributed by atoms with Crippen molar-refractivity contribution in [3.63, 3.8) is 0 Å². The van der Waals surface area contributed by atoms with E-state index in [-0.39, 0.29) is 23.3 Å². The van der Waals surface area contributed by atoms with Crippen LogP contribution in [0.3, 0.4) is 0 Å². The van der Waals surface area contributed by atoms with Gasteiger partial charge in [-0.15, -0.1) is 0 Å². The molecule has 4 nitrogen and oxygen atoms in total. The Bertz CT molecular complexity index is 1240. The van der Waals surface area contributed by atoms with E-state index in [9.17, 15) is 9.59 Å². The predicted octanol–water partition coefficient (Wildman–Crippen LogP) is 7.31. The van der Waals surface area contributed by atoms with Crippen LogP contribution in [0.2, 0.25) is 0 Å². The summed E-state index contributed by atoms with van der Waals surface area (Å²) >= 11 is 0. The van der Waals surface area contributed by atoms with Crippen molar-refractivity contribution in [3.05, 3.63) is 107 Å². The van der Waals surface area contributed by atoms with Crippen LogP contribution in [0.1, 0.15) is 87.1 Å². The van der Waals surface area contributed by atoms with Crippen LogP contribution in [0.15, 0.2) is 78.9 Å². The molecular weight excluding hydrogens is 492 g/mol. The summed E-state index contributed by atoms with van der Waals surface area (Å²) in [6.45, 7) is 9.12. The van der Waals surface area contributed by atoms with Gasteiger partial charge in [0.05, 0.1) is 0 Å². The summed E-state index contributed by atoms with van der Waals surface area (Å²) in [6, 6.07) is 26.5. The summed E-state index contributed by atoms with van der Waals surface area (Å²) < 4.78 is 0. The van der Waals surface area contributed by atoms with Crippen molar-refractivity contribution < 1.29 is 9.59 Å². The van der Waals surface area contributed by atoms with Gasteiger partial charge in [0.1, 0.15) is 6.04 Å². The second-order valence-corrected chi connectivity index (χ2v) is 12.4. The molecular formula is C36H46N2O2. The fourth-order valence-electron chi connectivity index (χ4n) is 5.64. The molecule has 40 heavy (non-hydrogen) atoms. The topological polar surface area (TPSA) is 49.4 Å². The van der Waals surface area contributed by atoms with Crippen LogP contribution in [-0.2, 0) is 34.4 Å². The minimum absolute atomic E-state index is 0.0166. The number of amides is 2. The lowest BCUT2D eigenvalue weighted by Gasteiger charge is -2.34. The largest absolute Gasteiger partial charge is 0.352 e. The van der Waals surface area contributed by atoms with Crippen LogP contribution in [0, 0.1) is 6.92 Å². The number of rotatable bonds is 10. The Balaban J connectivity index is 1.59. The molecule has 2 amide bonds. The van der Waals surface area contributed by atoms with Crippen LogP contribution in [0.5, 0.6) is 0 Å². The van der Waals surface area contributed by atoms with Gasteiger partial charge in [0.2, 0.25) is 11.8 Å². The van der Waals surface area contributed by atoms with Crippen LogP contribution in [-0.4, -0.2) is 28.8 Å². The fourth-order valence-corrected chi connectivity index (χ4v) is 5.64. The zero-order valence-corrected chi connectivity index (χ0v) is 24.8. The molecule has 3 aromatic carbocycles. The van der Waals surface area contributed by atoms with Gasteiger partial charge < -0.3 is 10.2 Å². The molecule has 1 N–H and O–H groups in total. The first-order valence-corrected chi connectivity index (χ1v) is 15.0. The average molecular weight is 539 g/mol. The van der Waals surface area contributed by atoms with Crippen LogP contribution in [0.25, 0.3) is 0 Å². The van der Waals surface area contributed by atoms with E-state index < -0.39 is 6.04 Å². The third-order valence-electron chi connectivity index (χ3n) is 8.27. The van der Waals surface area contributed by atoms with Crippen molar-refractivity contribution in [1.82, 2.24) is 10.2 Å². The van der Waals surface area contributed by atoms with Gasteiger partial charge in [0, 0.05) is 25.4 Å². The number of aryl methyl sites for hydroxylation is 2. The number of carbonyl (C=O) groups is 2. The molecule has 4 rings (SSSR count). The summed E-state index contributed by atoms with van der Waals surface area (Å²) in [7, 11) is 0. The van der Waals surface area contributed by atoms with Crippen molar-refractivity contribution in [2.45, 2.75) is 103 Å². The first kappa shape index (κ1) is 29.6. The first-order valence-electron chi connectivity index (χ1n) is 15.0. The maximum absolute atomic E-state index is 14.0. The van der Waals surface area contributed by atoms with E-state index in [0.29, 0.717) is 25.8 Å². The average Bonchev–Trinajstić information content (AvgIpc) is 2.95. The van der Waals surface area contributed by atoms with E-state index in [0.717, 1.165) is 47.9 Å². The third-order valence-corrected chi connectivity index (χ3v) is 8.27. The lowest BCUT2D eigenvalue weighted by Crippen LogP contribution is -2.53. The molecule has 0 spiro atoms. The van der Waals surface area contributed by atoms with Gasteiger partial charge in [-0.2, -0.15) is 0 Å². The Kier molecular flexibility index (Phi) is 10.2. The molecule has 1 saturated carbocycles. The standard InChI is InChI=1S/C36H46N2O2/c1-27-13-11-12-16-30(27)26-38(34(39)24-21-28-19-22-31(23-20-28)36(2,3)4)33(25-29-14-7-5-8-15-29)35(40)37-32-17-9-6-10-18-32/h5,7-8,11-16,19-20,22-23,32-33H,6,9-10,17-18,21,24-26H2,1-4H3,(H,37,40)/t33-/m1/s1.